The number of methoxy groups -OCH3 is 4. The summed E-state index contributed by atoms with van der Waals surface area (Å²) in [5.41, 5.74) is 1.57. The number of hydrogen-bond donors (Lipinski definition) is 1. The molecular weight excluding hydrogens is 312 g/mol. The van der Waals surface area contributed by atoms with Gasteiger partial charge in [-0.25, -0.2) is 4.79 Å². The summed E-state index contributed by atoms with van der Waals surface area (Å²) < 4.78 is 21.8. The molecule has 0 saturated heterocycles. The molecule has 1 unspecified atom stereocenters. The van der Waals surface area contributed by atoms with Gasteiger partial charge in [0.15, 0.2) is 23.0 Å². The van der Waals surface area contributed by atoms with Crippen molar-refractivity contribution in [3.63, 3.8) is 0 Å². The molecule has 0 radical (unpaired) electrons. The SMILES string of the molecule is COC1=CCC(C)C(c2cc(C(=O)O)cc(OC)c2OC)=C1OC. The van der Waals surface area contributed by atoms with E-state index in [0.717, 1.165) is 12.0 Å². The summed E-state index contributed by atoms with van der Waals surface area (Å²) in [6.07, 6.45) is 2.70. The summed E-state index contributed by atoms with van der Waals surface area (Å²) >= 11 is 0. The smallest absolute Gasteiger partial charge is 0.335 e. The van der Waals surface area contributed by atoms with Crippen LogP contribution in [0.2, 0.25) is 0 Å². The van der Waals surface area contributed by atoms with Crippen LogP contribution in [0.15, 0.2) is 29.7 Å². The van der Waals surface area contributed by atoms with Gasteiger partial charge in [-0.1, -0.05) is 6.92 Å². The van der Waals surface area contributed by atoms with Crippen LogP contribution in [0.25, 0.3) is 5.57 Å². The highest BCUT2D eigenvalue weighted by molar-refractivity contribution is 5.91. The Morgan fingerprint density at radius 3 is 2.29 bits per heavy atom. The first-order valence-electron chi connectivity index (χ1n) is 7.50. The topological polar surface area (TPSA) is 74.2 Å². The van der Waals surface area contributed by atoms with Crippen LogP contribution in [0.3, 0.4) is 0 Å². The van der Waals surface area contributed by atoms with Gasteiger partial charge < -0.3 is 24.1 Å². The van der Waals surface area contributed by atoms with Crippen LogP contribution in [0, 0.1) is 5.92 Å². The molecule has 1 aliphatic rings. The van der Waals surface area contributed by atoms with Gasteiger partial charge in [-0.15, -0.1) is 0 Å². The number of rotatable bonds is 6. The van der Waals surface area contributed by atoms with Gasteiger partial charge in [0.1, 0.15) is 0 Å². The number of allylic oxidation sites excluding steroid dienone is 2. The number of carboxylic acid groups (broad SMARTS) is 1. The van der Waals surface area contributed by atoms with Crippen LogP contribution in [0.1, 0.15) is 29.3 Å². The predicted octanol–water partition coefficient (Wildman–Crippen LogP) is 3.33. The monoisotopic (exact) mass is 334 g/mol. The largest absolute Gasteiger partial charge is 0.493 e. The Hall–Kier alpha value is -2.63. The molecule has 0 spiro atoms. The lowest BCUT2D eigenvalue weighted by atomic mass is 9.85. The van der Waals surface area contributed by atoms with E-state index < -0.39 is 5.97 Å². The maximum absolute atomic E-state index is 11.5. The van der Waals surface area contributed by atoms with Gasteiger partial charge in [0.05, 0.1) is 34.0 Å². The standard InChI is InChI=1S/C18H22O6/c1-10-6-7-13(21-2)17(24-5)15(10)12-8-11(18(19)20)9-14(22-3)16(12)23-4/h7-10H,6H2,1-5H3,(H,19,20). The molecule has 130 valence electrons. The van der Waals surface area contributed by atoms with Gasteiger partial charge in [0, 0.05) is 11.1 Å². The van der Waals surface area contributed by atoms with E-state index in [0.29, 0.717) is 28.6 Å². The first kappa shape index (κ1) is 17.7. The number of carbonyl (C=O) groups is 1. The van der Waals surface area contributed by atoms with E-state index in [-0.39, 0.29) is 11.5 Å². The zero-order chi connectivity index (χ0) is 17.9. The van der Waals surface area contributed by atoms with Crippen LogP contribution in [0.4, 0.5) is 0 Å². The van der Waals surface area contributed by atoms with Crippen molar-refractivity contribution in [2.45, 2.75) is 13.3 Å². The number of benzene rings is 1. The molecule has 6 heteroatoms. The van der Waals surface area contributed by atoms with E-state index in [2.05, 4.69) is 0 Å². The summed E-state index contributed by atoms with van der Waals surface area (Å²) in [6.45, 7) is 2.04. The highest BCUT2D eigenvalue weighted by atomic mass is 16.5. The summed E-state index contributed by atoms with van der Waals surface area (Å²) in [6, 6.07) is 3.02. The minimum atomic E-state index is -1.04. The average Bonchev–Trinajstić information content (AvgIpc) is 2.59. The molecule has 0 amide bonds. The number of aromatic carboxylic acids is 1. The summed E-state index contributed by atoms with van der Waals surface area (Å²) in [7, 11) is 6.13. The number of carboxylic acids is 1. The van der Waals surface area contributed by atoms with Crippen LogP contribution in [-0.4, -0.2) is 39.5 Å². The van der Waals surface area contributed by atoms with E-state index in [1.54, 1.807) is 20.3 Å². The fraction of sp³-hybridized carbons (Fsp3) is 0.389. The highest BCUT2D eigenvalue weighted by Crippen LogP contribution is 2.44. The molecule has 1 atom stereocenters. The van der Waals surface area contributed by atoms with Crippen LogP contribution < -0.4 is 9.47 Å². The molecule has 0 aromatic heterocycles. The summed E-state index contributed by atoms with van der Waals surface area (Å²) in [4.78, 5) is 11.5. The van der Waals surface area contributed by atoms with E-state index in [1.807, 2.05) is 13.0 Å². The Morgan fingerprint density at radius 1 is 1.08 bits per heavy atom. The predicted molar refractivity (Wildman–Crippen MR) is 89.3 cm³/mol. The van der Waals surface area contributed by atoms with Crippen molar-refractivity contribution in [1.82, 2.24) is 0 Å². The Morgan fingerprint density at radius 2 is 1.79 bits per heavy atom. The van der Waals surface area contributed by atoms with Crippen molar-refractivity contribution in [3.05, 3.63) is 40.9 Å². The van der Waals surface area contributed by atoms with Gasteiger partial charge in [-0.2, -0.15) is 0 Å². The fourth-order valence-electron chi connectivity index (χ4n) is 2.91. The van der Waals surface area contributed by atoms with Crippen LogP contribution in [-0.2, 0) is 9.47 Å². The molecule has 1 aromatic carbocycles. The second-order valence-corrected chi connectivity index (χ2v) is 5.42. The van der Waals surface area contributed by atoms with Crippen LogP contribution in [0.5, 0.6) is 11.5 Å². The van der Waals surface area contributed by atoms with Crippen molar-refractivity contribution in [2.75, 3.05) is 28.4 Å². The average molecular weight is 334 g/mol. The lowest BCUT2D eigenvalue weighted by Crippen LogP contribution is -2.13. The molecule has 1 aliphatic carbocycles. The van der Waals surface area contributed by atoms with E-state index in [9.17, 15) is 9.90 Å². The second-order valence-electron chi connectivity index (χ2n) is 5.42. The third kappa shape index (κ3) is 3.04. The van der Waals surface area contributed by atoms with E-state index in [1.165, 1.54) is 20.3 Å². The quantitative estimate of drug-likeness (QED) is 0.860. The lowest BCUT2D eigenvalue weighted by molar-refractivity contribution is 0.0696. The Labute approximate surface area is 141 Å². The molecule has 1 aromatic rings. The first-order valence-corrected chi connectivity index (χ1v) is 7.50. The Kier molecular flexibility index (Phi) is 5.39. The van der Waals surface area contributed by atoms with Crippen LogP contribution >= 0.6 is 0 Å². The van der Waals surface area contributed by atoms with Crippen molar-refractivity contribution in [1.29, 1.82) is 0 Å². The molecule has 0 heterocycles. The minimum absolute atomic E-state index is 0.0986. The van der Waals surface area contributed by atoms with Crippen molar-refractivity contribution in [2.24, 2.45) is 5.92 Å². The molecule has 1 N–H and O–H groups in total. The van der Waals surface area contributed by atoms with Gasteiger partial charge in [0.25, 0.3) is 0 Å². The molecule has 0 bridgehead atoms. The van der Waals surface area contributed by atoms with E-state index in [4.69, 9.17) is 18.9 Å². The summed E-state index contributed by atoms with van der Waals surface area (Å²) in [5, 5.41) is 9.40. The molecule has 0 saturated carbocycles. The van der Waals surface area contributed by atoms with Crippen molar-refractivity contribution < 1.29 is 28.8 Å². The van der Waals surface area contributed by atoms with Crippen molar-refractivity contribution >= 4 is 11.5 Å². The lowest BCUT2D eigenvalue weighted by Gasteiger charge is -2.26. The Bertz CT molecular complexity index is 702. The molecule has 0 fully saturated rings. The second kappa shape index (κ2) is 7.29. The first-order chi connectivity index (χ1) is 11.5. The highest BCUT2D eigenvalue weighted by Gasteiger charge is 2.29. The van der Waals surface area contributed by atoms with Gasteiger partial charge in [0.2, 0.25) is 0 Å². The maximum atomic E-state index is 11.5. The van der Waals surface area contributed by atoms with E-state index >= 15 is 0 Å². The van der Waals surface area contributed by atoms with Gasteiger partial charge in [-0.3, -0.25) is 0 Å². The Balaban J connectivity index is 2.81. The van der Waals surface area contributed by atoms with Gasteiger partial charge in [-0.05, 0) is 30.5 Å². The molecule has 0 aliphatic heterocycles. The zero-order valence-electron chi connectivity index (χ0n) is 14.5. The zero-order valence-corrected chi connectivity index (χ0v) is 14.5. The number of hydrogen-bond acceptors (Lipinski definition) is 5. The van der Waals surface area contributed by atoms with Crippen molar-refractivity contribution in [3.8, 4) is 11.5 Å². The molecule has 24 heavy (non-hydrogen) atoms. The van der Waals surface area contributed by atoms with Gasteiger partial charge >= 0.3 is 5.97 Å². The molecule has 2 rings (SSSR count). The molecule has 6 nitrogen and oxygen atoms in total. The normalized spacial score (nSPS) is 17.2. The third-order valence-electron chi connectivity index (χ3n) is 4.06. The maximum Gasteiger partial charge on any atom is 0.335 e. The fourth-order valence-corrected chi connectivity index (χ4v) is 2.91. The molecular formula is C18H22O6. The summed E-state index contributed by atoms with van der Waals surface area (Å²) in [5.74, 6) is 1.07. The minimum Gasteiger partial charge on any atom is -0.493 e. The number of ether oxygens (including phenoxy) is 4. The third-order valence-corrected chi connectivity index (χ3v) is 4.06.